The van der Waals surface area contributed by atoms with E-state index >= 15 is 0 Å². The second-order valence-corrected chi connectivity index (χ2v) is 7.27. The Morgan fingerprint density at radius 1 is 1.11 bits per heavy atom. The average molecular weight is 268 g/mol. The number of aliphatic hydroxyl groups excluding tert-OH is 1. The molecule has 0 bridgehead atoms. The second kappa shape index (κ2) is 6.55. The molecule has 0 aromatic rings. The molecule has 1 saturated heterocycles. The van der Waals surface area contributed by atoms with Crippen molar-refractivity contribution in [2.45, 2.75) is 51.5 Å². The van der Waals surface area contributed by atoms with Crippen molar-refractivity contribution in [3.8, 4) is 0 Å². The van der Waals surface area contributed by atoms with Gasteiger partial charge in [-0.05, 0) is 32.9 Å². The average Bonchev–Trinajstić information content (AvgIpc) is 2.60. The van der Waals surface area contributed by atoms with Crippen LogP contribution in [0.3, 0.4) is 0 Å². The minimum Gasteiger partial charge on any atom is -0.396 e. The highest BCUT2D eigenvalue weighted by Gasteiger charge is 2.37. The minimum atomic E-state index is 0.192. The zero-order valence-electron chi connectivity index (χ0n) is 13.1. The molecular weight excluding hydrogens is 236 g/mol. The van der Waals surface area contributed by atoms with Gasteiger partial charge in [-0.3, -0.25) is 0 Å². The topological polar surface area (TPSA) is 26.7 Å². The van der Waals surface area contributed by atoms with Crippen LogP contribution in [-0.2, 0) is 0 Å². The first-order chi connectivity index (χ1) is 9.06. The number of hydrogen-bond donors (Lipinski definition) is 1. The minimum absolute atomic E-state index is 0.192. The highest BCUT2D eigenvalue weighted by atomic mass is 16.3. The fraction of sp³-hybridized carbons (Fsp3) is 1.00. The van der Waals surface area contributed by atoms with Gasteiger partial charge in [0.1, 0.15) is 0 Å². The molecule has 1 heterocycles. The normalized spacial score (nSPS) is 32.7. The van der Waals surface area contributed by atoms with Crippen LogP contribution in [0.2, 0.25) is 0 Å². The summed E-state index contributed by atoms with van der Waals surface area (Å²) in [5, 5.41) is 9.93. The Kier molecular flexibility index (Phi) is 5.27. The summed E-state index contributed by atoms with van der Waals surface area (Å²) < 4.78 is 0. The number of aliphatic hydroxyl groups is 1. The first-order valence-electron chi connectivity index (χ1n) is 8.06. The molecule has 2 fully saturated rings. The van der Waals surface area contributed by atoms with Crippen molar-refractivity contribution in [1.82, 2.24) is 9.80 Å². The summed E-state index contributed by atoms with van der Waals surface area (Å²) in [7, 11) is 4.39. The number of rotatable bonds is 4. The quantitative estimate of drug-likeness (QED) is 0.792. The van der Waals surface area contributed by atoms with E-state index < -0.39 is 0 Å². The van der Waals surface area contributed by atoms with Crippen LogP contribution >= 0.6 is 0 Å². The molecule has 2 rings (SSSR count). The summed E-state index contributed by atoms with van der Waals surface area (Å²) >= 11 is 0. The van der Waals surface area contributed by atoms with Gasteiger partial charge in [-0.25, -0.2) is 0 Å². The van der Waals surface area contributed by atoms with E-state index in [0.29, 0.717) is 12.6 Å². The van der Waals surface area contributed by atoms with Crippen LogP contribution in [-0.4, -0.2) is 61.3 Å². The largest absolute Gasteiger partial charge is 0.396 e. The van der Waals surface area contributed by atoms with Crippen LogP contribution in [0.15, 0.2) is 0 Å². The molecule has 1 aliphatic carbocycles. The smallest absolute Gasteiger partial charge is 0.0499 e. The van der Waals surface area contributed by atoms with E-state index in [-0.39, 0.29) is 5.41 Å². The predicted molar refractivity (Wildman–Crippen MR) is 80.3 cm³/mol. The summed E-state index contributed by atoms with van der Waals surface area (Å²) in [5.41, 5.74) is 0.192. The summed E-state index contributed by atoms with van der Waals surface area (Å²) in [4.78, 5) is 4.97. The van der Waals surface area contributed by atoms with Gasteiger partial charge < -0.3 is 14.9 Å². The molecule has 1 N–H and O–H groups in total. The first kappa shape index (κ1) is 15.3. The lowest BCUT2D eigenvalue weighted by atomic mass is 9.80. The van der Waals surface area contributed by atoms with Crippen LogP contribution < -0.4 is 0 Å². The lowest BCUT2D eigenvalue weighted by molar-refractivity contribution is 0.0654. The van der Waals surface area contributed by atoms with E-state index in [1.54, 1.807) is 0 Å². The maximum Gasteiger partial charge on any atom is 0.0499 e. The van der Waals surface area contributed by atoms with Gasteiger partial charge in [0.25, 0.3) is 0 Å². The molecule has 3 heteroatoms. The van der Waals surface area contributed by atoms with E-state index in [9.17, 15) is 5.11 Å². The lowest BCUT2D eigenvalue weighted by Crippen LogP contribution is -2.40. The maximum atomic E-state index is 9.93. The van der Waals surface area contributed by atoms with E-state index in [2.05, 4.69) is 30.8 Å². The molecular formula is C16H32N2O. The molecule has 1 aliphatic heterocycles. The van der Waals surface area contributed by atoms with Crippen molar-refractivity contribution in [2.75, 3.05) is 40.3 Å². The number of nitrogens with zero attached hydrogens (tertiary/aromatic N) is 2. The standard InChI is InChI=1S/C16H32N2O/c1-14-10-18(11-15(14)17(2)3)12-16(13-19)8-6-4-5-7-9-16/h14-15,19H,4-13H2,1-3H3. The molecule has 1 saturated carbocycles. The Labute approximate surface area is 119 Å². The molecule has 112 valence electrons. The molecule has 2 aliphatic rings. The number of likely N-dealkylation sites (tertiary alicyclic amines) is 1. The molecule has 0 radical (unpaired) electrons. The second-order valence-electron chi connectivity index (χ2n) is 7.27. The maximum absolute atomic E-state index is 9.93. The van der Waals surface area contributed by atoms with Crippen molar-refractivity contribution >= 4 is 0 Å². The Balaban J connectivity index is 1.95. The van der Waals surface area contributed by atoms with Gasteiger partial charge in [0.05, 0.1) is 0 Å². The lowest BCUT2D eigenvalue weighted by Gasteiger charge is -2.35. The van der Waals surface area contributed by atoms with E-state index in [1.807, 2.05) is 0 Å². The van der Waals surface area contributed by atoms with Crippen LogP contribution in [0.5, 0.6) is 0 Å². The Morgan fingerprint density at radius 2 is 1.74 bits per heavy atom. The number of likely N-dealkylation sites (N-methyl/N-ethyl adjacent to an activating group) is 1. The van der Waals surface area contributed by atoms with Crippen molar-refractivity contribution in [3.05, 3.63) is 0 Å². The van der Waals surface area contributed by atoms with Crippen LogP contribution in [0.4, 0.5) is 0 Å². The van der Waals surface area contributed by atoms with Gasteiger partial charge in [0.15, 0.2) is 0 Å². The fourth-order valence-electron chi connectivity index (χ4n) is 4.17. The Hall–Kier alpha value is -0.120. The van der Waals surface area contributed by atoms with Crippen molar-refractivity contribution in [1.29, 1.82) is 0 Å². The van der Waals surface area contributed by atoms with Crippen molar-refractivity contribution in [2.24, 2.45) is 11.3 Å². The highest BCUT2D eigenvalue weighted by Crippen LogP contribution is 2.36. The third-order valence-corrected chi connectivity index (χ3v) is 5.37. The predicted octanol–water partition coefficient (Wildman–Crippen LogP) is 2.20. The third kappa shape index (κ3) is 3.71. The van der Waals surface area contributed by atoms with Crippen LogP contribution in [0.25, 0.3) is 0 Å². The van der Waals surface area contributed by atoms with Crippen molar-refractivity contribution in [3.63, 3.8) is 0 Å². The van der Waals surface area contributed by atoms with E-state index in [4.69, 9.17) is 0 Å². The summed E-state index contributed by atoms with van der Waals surface area (Å²) in [5.74, 6) is 0.747. The Bertz CT molecular complexity index is 272. The van der Waals surface area contributed by atoms with Crippen molar-refractivity contribution < 1.29 is 5.11 Å². The van der Waals surface area contributed by atoms with Crippen LogP contribution in [0.1, 0.15) is 45.4 Å². The van der Waals surface area contributed by atoms with Gasteiger partial charge in [-0.1, -0.05) is 32.6 Å². The van der Waals surface area contributed by atoms with Gasteiger partial charge >= 0.3 is 0 Å². The van der Waals surface area contributed by atoms with Gasteiger partial charge in [0, 0.05) is 37.7 Å². The van der Waals surface area contributed by atoms with E-state index in [0.717, 1.165) is 12.5 Å². The monoisotopic (exact) mass is 268 g/mol. The molecule has 3 nitrogen and oxygen atoms in total. The molecule has 0 spiro atoms. The molecule has 0 aromatic carbocycles. The molecule has 19 heavy (non-hydrogen) atoms. The Morgan fingerprint density at radius 3 is 2.21 bits per heavy atom. The fourth-order valence-corrected chi connectivity index (χ4v) is 4.17. The van der Waals surface area contributed by atoms with E-state index in [1.165, 1.54) is 51.6 Å². The first-order valence-corrected chi connectivity index (χ1v) is 8.06. The summed E-state index contributed by atoms with van der Waals surface area (Å²) in [6.45, 7) is 6.23. The highest BCUT2D eigenvalue weighted by molar-refractivity contribution is 4.91. The summed E-state index contributed by atoms with van der Waals surface area (Å²) in [6, 6.07) is 0.682. The summed E-state index contributed by atoms with van der Waals surface area (Å²) in [6.07, 6.45) is 7.78. The molecule has 0 aromatic heterocycles. The zero-order chi connectivity index (χ0) is 13.9. The van der Waals surface area contributed by atoms with Gasteiger partial charge in [0.2, 0.25) is 0 Å². The third-order valence-electron chi connectivity index (χ3n) is 5.37. The van der Waals surface area contributed by atoms with Crippen LogP contribution in [0, 0.1) is 11.3 Å². The molecule has 2 unspecified atom stereocenters. The molecule has 0 amide bonds. The number of hydrogen-bond acceptors (Lipinski definition) is 3. The van der Waals surface area contributed by atoms with Gasteiger partial charge in [-0.2, -0.15) is 0 Å². The molecule has 2 atom stereocenters. The van der Waals surface area contributed by atoms with Gasteiger partial charge in [-0.15, -0.1) is 0 Å². The SMILES string of the molecule is CC1CN(CC2(CO)CCCCCC2)CC1N(C)C. The zero-order valence-corrected chi connectivity index (χ0v) is 13.1.